The summed E-state index contributed by atoms with van der Waals surface area (Å²) in [7, 11) is 0. The van der Waals surface area contributed by atoms with Gasteiger partial charge in [-0.05, 0) is 62.1 Å². The van der Waals surface area contributed by atoms with Crippen LogP contribution in [0.3, 0.4) is 0 Å². The molecule has 0 radical (unpaired) electrons. The standard InChI is InChI=1S/C19H38N2/c1-5-18(4)10-12-21(13-11-18)16-19(15-20-6-2)9-7-8-17(3)14-19/h17,20H,5-16H2,1-4H3. The van der Waals surface area contributed by atoms with Crippen LogP contribution in [0.15, 0.2) is 0 Å². The molecule has 1 aliphatic carbocycles. The minimum absolute atomic E-state index is 0.549. The zero-order valence-electron chi connectivity index (χ0n) is 15.0. The molecule has 2 aliphatic rings. The fourth-order valence-electron chi connectivity index (χ4n) is 4.60. The van der Waals surface area contributed by atoms with Crippen molar-refractivity contribution in [2.45, 2.75) is 72.6 Å². The molecule has 1 aliphatic heterocycles. The Morgan fingerprint density at radius 2 is 1.86 bits per heavy atom. The molecule has 2 rings (SSSR count). The molecule has 2 nitrogen and oxygen atoms in total. The number of nitrogens with one attached hydrogen (secondary N) is 1. The second kappa shape index (κ2) is 7.46. The second-order valence-electron chi connectivity index (χ2n) is 8.42. The summed E-state index contributed by atoms with van der Waals surface area (Å²) in [6.45, 7) is 15.9. The van der Waals surface area contributed by atoms with Crippen LogP contribution in [-0.2, 0) is 0 Å². The highest BCUT2D eigenvalue weighted by atomic mass is 15.1. The van der Waals surface area contributed by atoms with Crippen LogP contribution >= 0.6 is 0 Å². The number of nitrogens with zero attached hydrogens (tertiary/aromatic N) is 1. The largest absolute Gasteiger partial charge is 0.316 e. The molecule has 1 saturated carbocycles. The molecule has 1 saturated heterocycles. The van der Waals surface area contributed by atoms with E-state index in [1.165, 1.54) is 71.1 Å². The third-order valence-corrected chi connectivity index (χ3v) is 6.41. The van der Waals surface area contributed by atoms with Gasteiger partial charge in [-0.3, -0.25) is 0 Å². The first-order chi connectivity index (χ1) is 10.0. The fourth-order valence-corrected chi connectivity index (χ4v) is 4.60. The predicted molar refractivity (Wildman–Crippen MR) is 92.7 cm³/mol. The lowest BCUT2D eigenvalue weighted by Gasteiger charge is -2.47. The van der Waals surface area contributed by atoms with Crippen LogP contribution in [0, 0.1) is 16.7 Å². The topological polar surface area (TPSA) is 15.3 Å². The molecular formula is C19H38N2. The first-order valence-electron chi connectivity index (χ1n) is 9.44. The molecule has 124 valence electrons. The smallest absolute Gasteiger partial charge is 0.00502 e. The van der Waals surface area contributed by atoms with E-state index < -0.39 is 0 Å². The van der Waals surface area contributed by atoms with Gasteiger partial charge in [-0.1, -0.05) is 47.0 Å². The molecule has 1 N–H and O–H groups in total. The van der Waals surface area contributed by atoms with Crippen molar-refractivity contribution in [1.82, 2.24) is 10.2 Å². The lowest BCUT2D eigenvalue weighted by molar-refractivity contribution is 0.0414. The van der Waals surface area contributed by atoms with Crippen LogP contribution in [0.4, 0.5) is 0 Å². The van der Waals surface area contributed by atoms with Gasteiger partial charge in [-0.2, -0.15) is 0 Å². The summed E-state index contributed by atoms with van der Waals surface area (Å²) in [6.07, 6.45) is 9.90. The van der Waals surface area contributed by atoms with Crippen LogP contribution in [-0.4, -0.2) is 37.6 Å². The molecule has 2 fully saturated rings. The number of piperidine rings is 1. The van der Waals surface area contributed by atoms with Crippen molar-refractivity contribution >= 4 is 0 Å². The SMILES string of the molecule is CCNCC1(CN2CCC(C)(CC)CC2)CCCC(C)C1. The van der Waals surface area contributed by atoms with E-state index in [1.54, 1.807) is 0 Å². The summed E-state index contributed by atoms with van der Waals surface area (Å²) in [6, 6.07) is 0. The highest BCUT2D eigenvalue weighted by molar-refractivity contribution is 4.92. The molecule has 2 atom stereocenters. The van der Waals surface area contributed by atoms with Crippen molar-refractivity contribution in [3.05, 3.63) is 0 Å². The molecule has 0 amide bonds. The van der Waals surface area contributed by atoms with Gasteiger partial charge in [-0.25, -0.2) is 0 Å². The summed E-state index contributed by atoms with van der Waals surface area (Å²) in [5.41, 5.74) is 1.17. The molecule has 2 heteroatoms. The highest BCUT2D eigenvalue weighted by Gasteiger charge is 2.38. The summed E-state index contributed by atoms with van der Waals surface area (Å²) in [5, 5.41) is 3.67. The maximum absolute atomic E-state index is 3.67. The normalized spacial score (nSPS) is 34.0. The van der Waals surface area contributed by atoms with Crippen LogP contribution in [0.5, 0.6) is 0 Å². The average Bonchev–Trinajstić information content (AvgIpc) is 2.48. The molecule has 0 aromatic rings. The zero-order valence-corrected chi connectivity index (χ0v) is 15.0. The van der Waals surface area contributed by atoms with E-state index in [1.807, 2.05) is 0 Å². The van der Waals surface area contributed by atoms with Crippen LogP contribution in [0.1, 0.15) is 72.6 Å². The Labute approximate surface area is 133 Å². The Hall–Kier alpha value is -0.0800. The molecule has 2 unspecified atom stereocenters. The fraction of sp³-hybridized carbons (Fsp3) is 1.00. The lowest BCUT2D eigenvalue weighted by atomic mass is 9.69. The monoisotopic (exact) mass is 294 g/mol. The number of rotatable bonds is 6. The molecular weight excluding hydrogens is 256 g/mol. The second-order valence-corrected chi connectivity index (χ2v) is 8.42. The minimum Gasteiger partial charge on any atom is -0.316 e. The van der Waals surface area contributed by atoms with E-state index in [0.717, 1.165) is 12.5 Å². The van der Waals surface area contributed by atoms with Crippen molar-refractivity contribution in [2.75, 3.05) is 32.7 Å². The molecule has 1 heterocycles. The first-order valence-corrected chi connectivity index (χ1v) is 9.44. The van der Waals surface area contributed by atoms with Gasteiger partial charge in [0.15, 0.2) is 0 Å². The third kappa shape index (κ3) is 4.69. The van der Waals surface area contributed by atoms with Crippen LogP contribution in [0.25, 0.3) is 0 Å². The van der Waals surface area contributed by atoms with Gasteiger partial charge in [0.05, 0.1) is 0 Å². The number of hydrogen-bond acceptors (Lipinski definition) is 2. The lowest BCUT2D eigenvalue weighted by Crippen LogP contribution is -2.49. The number of likely N-dealkylation sites (tertiary alicyclic amines) is 1. The van der Waals surface area contributed by atoms with Gasteiger partial charge in [0.2, 0.25) is 0 Å². The Morgan fingerprint density at radius 1 is 1.14 bits per heavy atom. The van der Waals surface area contributed by atoms with Crippen LogP contribution in [0.2, 0.25) is 0 Å². The summed E-state index contributed by atoms with van der Waals surface area (Å²) in [5.74, 6) is 0.920. The summed E-state index contributed by atoms with van der Waals surface area (Å²) in [4.78, 5) is 2.78. The Bertz CT molecular complexity index is 307. The van der Waals surface area contributed by atoms with Gasteiger partial charge in [-0.15, -0.1) is 0 Å². The van der Waals surface area contributed by atoms with Gasteiger partial charge < -0.3 is 10.2 Å². The highest BCUT2D eigenvalue weighted by Crippen LogP contribution is 2.41. The van der Waals surface area contributed by atoms with E-state index in [4.69, 9.17) is 0 Å². The van der Waals surface area contributed by atoms with Gasteiger partial charge >= 0.3 is 0 Å². The van der Waals surface area contributed by atoms with Crippen molar-refractivity contribution in [1.29, 1.82) is 0 Å². The van der Waals surface area contributed by atoms with Crippen molar-refractivity contribution in [3.63, 3.8) is 0 Å². The Balaban J connectivity index is 1.93. The van der Waals surface area contributed by atoms with E-state index in [9.17, 15) is 0 Å². The van der Waals surface area contributed by atoms with E-state index >= 15 is 0 Å². The van der Waals surface area contributed by atoms with E-state index in [-0.39, 0.29) is 0 Å². The zero-order chi connectivity index (χ0) is 15.3. The molecule has 0 bridgehead atoms. The van der Waals surface area contributed by atoms with Crippen molar-refractivity contribution < 1.29 is 0 Å². The van der Waals surface area contributed by atoms with Gasteiger partial charge in [0, 0.05) is 13.1 Å². The summed E-state index contributed by atoms with van der Waals surface area (Å²) >= 11 is 0. The molecule has 21 heavy (non-hydrogen) atoms. The molecule has 0 aromatic heterocycles. The number of hydrogen-bond donors (Lipinski definition) is 1. The quantitative estimate of drug-likeness (QED) is 0.785. The van der Waals surface area contributed by atoms with Gasteiger partial charge in [0.25, 0.3) is 0 Å². The maximum Gasteiger partial charge on any atom is 0.00502 e. The van der Waals surface area contributed by atoms with Crippen molar-refractivity contribution in [2.24, 2.45) is 16.7 Å². The van der Waals surface area contributed by atoms with E-state index in [0.29, 0.717) is 10.8 Å². The Kier molecular flexibility index (Phi) is 6.14. The first kappa shape index (κ1) is 17.3. The predicted octanol–water partition coefficient (Wildman–Crippen LogP) is 4.30. The van der Waals surface area contributed by atoms with Gasteiger partial charge in [0.1, 0.15) is 0 Å². The third-order valence-electron chi connectivity index (χ3n) is 6.41. The van der Waals surface area contributed by atoms with E-state index in [2.05, 4.69) is 37.9 Å². The summed E-state index contributed by atoms with van der Waals surface area (Å²) < 4.78 is 0. The maximum atomic E-state index is 3.67. The average molecular weight is 295 g/mol. The molecule has 0 aromatic carbocycles. The minimum atomic E-state index is 0.549. The van der Waals surface area contributed by atoms with Crippen LogP contribution < -0.4 is 5.32 Å². The van der Waals surface area contributed by atoms with Crippen molar-refractivity contribution in [3.8, 4) is 0 Å². The Morgan fingerprint density at radius 3 is 2.43 bits per heavy atom. The molecule has 0 spiro atoms.